The molecule has 0 aliphatic rings. The largest absolute Gasteiger partial charge is 0.491 e. The van der Waals surface area contributed by atoms with E-state index in [1.807, 2.05) is 24.3 Å². The average Bonchev–Trinajstić information content (AvgIpc) is 3.49. The second-order valence-electron chi connectivity index (χ2n) is 7.11. The molecule has 170 valence electrons. The maximum atomic E-state index is 15.0. The van der Waals surface area contributed by atoms with Crippen molar-refractivity contribution in [3.05, 3.63) is 71.8 Å². The predicted octanol–water partition coefficient (Wildman–Crippen LogP) is 3.63. The lowest BCUT2D eigenvalue weighted by Crippen LogP contribution is -2.17. The minimum Gasteiger partial charge on any atom is -0.491 e. The minimum absolute atomic E-state index is 0.0521. The lowest BCUT2D eigenvalue weighted by molar-refractivity contribution is 0.101. The highest BCUT2D eigenvalue weighted by Crippen LogP contribution is 2.33. The Morgan fingerprint density at radius 2 is 1.76 bits per heavy atom. The number of carbonyl (C=O) groups excluding carboxylic acids is 2. The highest BCUT2D eigenvalue weighted by atomic mass is 19.1. The molecule has 0 fully saturated rings. The number of aromatic amines is 2. The fourth-order valence-corrected chi connectivity index (χ4v) is 3.47. The third kappa shape index (κ3) is 3.56. The van der Waals surface area contributed by atoms with E-state index in [1.165, 1.54) is 12.4 Å². The van der Waals surface area contributed by atoms with E-state index in [1.54, 1.807) is 12.3 Å². The minimum atomic E-state index is -1.24. The maximum Gasteiger partial charge on any atom is 0.276 e. The van der Waals surface area contributed by atoms with Gasteiger partial charge in [-0.05, 0) is 11.5 Å². The molecule has 0 atom stereocenters. The standard InChI is InChI=1S/C22H15F2N7O3/c1-34-18-14(23)13(20(33)31-21-25-6-7-26-21)16-17(15(18)24)29-22(28-16)30-19(32)12-8-10-4-2-3-5-11(10)9-27-12/h2-9H,1H3,(H2,25,26,31,33)(H2,28,29,30,32). The van der Waals surface area contributed by atoms with E-state index in [2.05, 4.69) is 35.6 Å². The molecule has 2 aromatic carbocycles. The van der Waals surface area contributed by atoms with Crippen LogP contribution in [0.2, 0.25) is 0 Å². The summed E-state index contributed by atoms with van der Waals surface area (Å²) in [4.78, 5) is 42.7. The SMILES string of the molecule is COc1c(F)c(C(=O)Nc2ncc[nH]2)c2[nH]c(NC(=O)c3cc4ccccc4cn3)nc2c1F. The molecule has 0 aliphatic heterocycles. The molecule has 3 aromatic heterocycles. The van der Waals surface area contributed by atoms with E-state index in [9.17, 15) is 14.0 Å². The number of carbonyl (C=O) groups is 2. The summed E-state index contributed by atoms with van der Waals surface area (Å²) in [6.45, 7) is 0. The van der Waals surface area contributed by atoms with Crippen molar-refractivity contribution in [3.63, 3.8) is 0 Å². The molecule has 10 nitrogen and oxygen atoms in total. The van der Waals surface area contributed by atoms with Crippen molar-refractivity contribution < 1.29 is 23.1 Å². The molecule has 0 radical (unpaired) electrons. The van der Waals surface area contributed by atoms with Gasteiger partial charge < -0.3 is 14.7 Å². The quantitative estimate of drug-likeness (QED) is 0.314. The molecule has 5 aromatic rings. The maximum absolute atomic E-state index is 15.0. The first kappa shape index (κ1) is 21.0. The third-order valence-corrected chi connectivity index (χ3v) is 5.04. The second kappa shape index (κ2) is 8.24. The average molecular weight is 463 g/mol. The van der Waals surface area contributed by atoms with Crippen LogP contribution in [-0.4, -0.2) is 43.8 Å². The number of hydrogen-bond acceptors (Lipinski definition) is 6. The number of rotatable bonds is 5. The number of ether oxygens (including phenoxy) is 1. The van der Waals surface area contributed by atoms with Gasteiger partial charge in [-0.2, -0.15) is 0 Å². The van der Waals surface area contributed by atoms with E-state index >= 15 is 4.39 Å². The number of imidazole rings is 2. The van der Waals surface area contributed by atoms with Gasteiger partial charge in [0.15, 0.2) is 17.4 Å². The molecule has 0 bridgehead atoms. The van der Waals surface area contributed by atoms with Gasteiger partial charge in [-0.1, -0.05) is 24.3 Å². The molecule has 0 unspecified atom stereocenters. The fourth-order valence-electron chi connectivity index (χ4n) is 3.47. The summed E-state index contributed by atoms with van der Waals surface area (Å²) < 4.78 is 34.7. The first-order valence-corrected chi connectivity index (χ1v) is 9.87. The van der Waals surface area contributed by atoms with E-state index in [-0.39, 0.29) is 23.1 Å². The molecule has 0 saturated heterocycles. The molecule has 0 aliphatic carbocycles. The van der Waals surface area contributed by atoms with Crippen molar-refractivity contribution >= 4 is 45.5 Å². The van der Waals surface area contributed by atoms with Crippen LogP contribution in [0, 0.1) is 11.6 Å². The number of methoxy groups -OCH3 is 1. The van der Waals surface area contributed by atoms with Gasteiger partial charge in [-0.15, -0.1) is 0 Å². The molecule has 0 spiro atoms. The van der Waals surface area contributed by atoms with Gasteiger partial charge in [0.1, 0.15) is 16.8 Å². The summed E-state index contributed by atoms with van der Waals surface area (Å²) in [5, 5.41) is 6.47. The van der Waals surface area contributed by atoms with Crippen LogP contribution in [0.15, 0.2) is 48.9 Å². The fraction of sp³-hybridized carbons (Fsp3) is 0.0455. The number of H-pyrrole nitrogens is 2. The summed E-state index contributed by atoms with van der Waals surface area (Å²) in [6, 6.07) is 8.93. The summed E-state index contributed by atoms with van der Waals surface area (Å²) >= 11 is 0. The monoisotopic (exact) mass is 463 g/mol. The number of nitrogens with one attached hydrogen (secondary N) is 4. The highest BCUT2D eigenvalue weighted by Gasteiger charge is 2.28. The molecule has 12 heteroatoms. The van der Waals surface area contributed by atoms with Crippen LogP contribution in [-0.2, 0) is 0 Å². The summed E-state index contributed by atoms with van der Waals surface area (Å²) in [7, 11) is 1.06. The number of amides is 2. The Bertz CT molecular complexity index is 1560. The number of pyridine rings is 1. The molecule has 34 heavy (non-hydrogen) atoms. The topological polar surface area (TPSA) is 138 Å². The Morgan fingerprint density at radius 1 is 1.00 bits per heavy atom. The smallest absolute Gasteiger partial charge is 0.276 e. The number of nitrogens with zero attached hydrogens (tertiary/aromatic N) is 3. The predicted molar refractivity (Wildman–Crippen MR) is 119 cm³/mol. The van der Waals surface area contributed by atoms with E-state index in [0.29, 0.717) is 0 Å². The Kier molecular flexibility index (Phi) is 5.09. The number of anilines is 2. The number of hydrogen-bond donors (Lipinski definition) is 4. The van der Waals surface area contributed by atoms with Crippen molar-refractivity contribution in [1.82, 2.24) is 24.9 Å². The van der Waals surface area contributed by atoms with Crippen LogP contribution >= 0.6 is 0 Å². The lowest BCUT2D eigenvalue weighted by atomic mass is 10.1. The number of fused-ring (bicyclic) bond motifs is 2. The zero-order valence-corrected chi connectivity index (χ0v) is 17.4. The highest BCUT2D eigenvalue weighted by molar-refractivity contribution is 6.12. The van der Waals surface area contributed by atoms with Gasteiger partial charge in [0, 0.05) is 24.0 Å². The van der Waals surface area contributed by atoms with Crippen molar-refractivity contribution in [2.75, 3.05) is 17.7 Å². The van der Waals surface area contributed by atoms with Crippen molar-refractivity contribution in [2.24, 2.45) is 0 Å². The first-order valence-electron chi connectivity index (χ1n) is 9.87. The van der Waals surface area contributed by atoms with Crippen LogP contribution < -0.4 is 15.4 Å². The zero-order chi connectivity index (χ0) is 23.8. The van der Waals surface area contributed by atoms with Crippen LogP contribution in [0.25, 0.3) is 21.8 Å². The number of benzene rings is 2. The van der Waals surface area contributed by atoms with Crippen LogP contribution in [0.3, 0.4) is 0 Å². The van der Waals surface area contributed by atoms with E-state index in [4.69, 9.17) is 4.74 Å². The third-order valence-electron chi connectivity index (χ3n) is 5.04. The first-order chi connectivity index (χ1) is 16.5. The molecule has 5 rings (SSSR count). The number of aromatic nitrogens is 5. The van der Waals surface area contributed by atoms with E-state index in [0.717, 1.165) is 17.9 Å². The Balaban J connectivity index is 1.54. The van der Waals surface area contributed by atoms with Gasteiger partial charge >= 0.3 is 0 Å². The summed E-state index contributed by atoms with van der Waals surface area (Å²) in [5.41, 5.74) is -1.16. The van der Waals surface area contributed by atoms with Crippen molar-refractivity contribution in [3.8, 4) is 5.75 Å². The van der Waals surface area contributed by atoms with Gasteiger partial charge in [-0.3, -0.25) is 25.2 Å². The van der Waals surface area contributed by atoms with Crippen LogP contribution in [0.4, 0.5) is 20.7 Å². The second-order valence-corrected chi connectivity index (χ2v) is 7.11. The summed E-state index contributed by atoms with van der Waals surface area (Å²) in [6.07, 6.45) is 4.38. The Labute approximate surface area is 189 Å². The van der Waals surface area contributed by atoms with Crippen molar-refractivity contribution in [2.45, 2.75) is 0 Å². The Morgan fingerprint density at radius 3 is 2.50 bits per heavy atom. The normalized spacial score (nSPS) is 11.0. The Hall–Kier alpha value is -4.87. The van der Waals surface area contributed by atoms with Crippen molar-refractivity contribution in [1.29, 1.82) is 0 Å². The summed E-state index contributed by atoms with van der Waals surface area (Å²) in [5.74, 6) is -4.91. The lowest BCUT2D eigenvalue weighted by Gasteiger charge is -2.09. The molecular formula is C22H15F2N7O3. The molecule has 0 saturated carbocycles. The van der Waals surface area contributed by atoms with E-state index < -0.39 is 40.3 Å². The van der Waals surface area contributed by atoms with Crippen LogP contribution in [0.5, 0.6) is 5.75 Å². The zero-order valence-electron chi connectivity index (χ0n) is 17.4. The van der Waals surface area contributed by atoms with Gasteiger partial charge in [0.25, 0.3) is 11.8 Å². The molecule has 3 heterocycles. The van der Waals surface area contributed by atoms with Crippen LogP contribution in [0.1, 0.15) is 20.8 Å². The molecular weight excluding hydrogens is 448 g/mol. The van der Waals surface area contributed by atoms with Gasteiger partial charge in [0.2, 0.25) is 11.9 Å². The molecule has 2 amide bonds. The molecule has 4 N–H and O–H groups in total. The van der Waals surface area contributed by atoms with Gasteiger partial charge in [0.05, 0.1) is 12.6 Å². The number of halogens is 2. The van der Waals surface area contributed by atoms with Gasteiger partial charge in [-0.25, -0.2) is 18.7 Å².